The van der Waals surface area contributed by atoms with Crippen molar-refractivity contribution in [2.45, 2.75) is 64.2 Å². The molecule has 1 unspecified atom stereocenters. The minimum Gasteiger partial charge on any atom is -0.330 e. The van der Waals surface area contributed by atoms with E-state index in [0.717, 1.165) is 32.2 Å². The molecule has 4 nitrogen and oxygen atoms in total. The third kappa shape index (κ3) is 16.2. The third-order valence-electron chi connectivity index (χ3n) is 2.83. The van der Waals surface area contributed by atoms with Gasteiger partial charge in [0.2, 0.25) is 0 Å². The molecule has 0 aliphatic heterocycles. The minimum absolute atomic E-state index is 0.290. The van der Waals surface area contributed by atoms with Crippen LogP contribution in [-0.2, 0) is 24.4 Å². The number of unbranched alkanes of at least 4 members (excludes halogenated alkanes) is 9. The van der Waals surface area contributed by atoms with E-state index in [1.54, 1.807) is 0 Å². The third-order valence-corrected chi connectivity index (χ3v) is 3.58. The van der Waals surface area contributed by atoms with Crippen molar-refractivity contribution in [2.75, 3.05) is 13.2 Å². The molecule has 0 rings (SSSR count). The summed E-state index contributed by atoms with van der Waals surface area (Å²) in [5, 5.41) is 0. The van der Waals surface area contributed by atoms with Gasteiger partial charge in [0.25, 0.3) is 9.05 Å². The summed E-state index contributed by atoms with van der Waals surface area (Å²) in [4.78, 5) is 0. The van der Waals surface area contributed by atoms with E-state index >= 15 is 0 Å². The predicted octanol–water partition coefficient (Wildman–Crippen LogP) is 3.00. The maximum atomic E-state index is 10.6. The standard InChI is InChI=1S/C12H27NO3S2/c13-11-9-7-5-3-1-2-4-6-8-10-12-16-18(14,15)17/h1-13H2,(H,14,15,17). The topological polar surface area (TPSA) is 72.5 Å². The molecule has 0 heterocycles. The molecule has 0 radical (unpaired) electrons. The van der Waals surface area contributed by atoms with Crippen molar-refractivity contribution in [1.29, 1.82) is 0 Å². The van der Waals surface area contributed by atoms with E-state index in [0.29, 0.717) is 0 Å². The summed E-state index contributed by atoms with van der Waals surface area (Å²) in [6.45, 7) is 1.10. The molecule has 0 bridgehead atoms. The van der Waals surface area contributed by atoms with Gasteiger partial charge in [-0.25, -0.2) is 0 Å². The van der Waals surface area contributed by atoms with Crippen molar-refractivity contribution in [1.82, 2.24) is 0 Å². The average molecular weight is 297 g/mol. The zero-order chi connectivity index (χ0) is 13.7. The van der Waals surface area contributed by atoms with Crippen LogP contribution in [0.2, 0.25) is 0 Å². The summed E-state index contributed by atoms with van der Waals surface area (Å²) in [6.07, 6.45) is 11.9. The molecule has 0 amide bonds. The van der Waals surface area contributed by atoms with Gasteiger partial charge in [-0.1, -0.05) is 51.4 Å². The van der Waals surface area contributed by atoms with Crippen LogP contribution in [0.5, 0.6) is 0 Å². The molecule has 0 aromatic rings. The molecule has 0 saturated carbocycles. The number of rotatable bonds is 13. The largest absolute Gasteiger partial charge is 0.330 e. The molecular formula is C12H27NO3S2. The molecule has 0 aromatic heterocycles. The Morgan fingerprint density at radius 3 is 1.67 bits per heavy atom. The molecule has 0 saturated heterocycles. The quantitative estimate of drug-likeness (QED) is 0.511. The highest BCUT2D eigenvalue weighted by Gasteiger charge is 1.98. The van der Waals surface area contributed by atoms with Crippen molar-refractivity contribution in [3.8, 4) is 0 Å². The van der Waals surface area contributed by atoms with Crippen molar-refractivity contribution in [3.05, 3.63) is 0 Å². The average Bonchev–Trinajstić information content (AvgIpc) is 2.29. The van der Waals surface area contributed by atoms with E-state index in [9.17, 15) is 4.21 Å². The molecule has 3 N–H and O–H groups in total. The van der Waals surface area contributed by atoms with Gasteiger partial charge in [-0.15, -0.1) is 0 Å². The Labute approximate surface area is 116 Å². The Kier molecular flexibility index (Phi) is 12.5. The predicted molar refractivity (Wildman–Crippen MR) is 79.3 cm³/mol. The van der Waals surface area contributed by atoms with Crippen LogP contribution in [0.3, 0.4) is 0 Å². The van der Waals surface area contributed by atoms with Crippen LogP contribution in [0, 0.1) is 0 Å². The number of hydrogen-bond donors (Lipinski definition) is 2. The van der Waals surface area contributed by atoms with Gasteiger partial charge in [-0.05, 0) is 19.4 Å². The highest BCUT2D eigenvalue weighted by atomic mass is 32.9. The molecule has 6 heteroatoms. The summed E-state index contributed by atoms with van der Waals surface area (Å²) in [5.41, 5.74) is 5.43. The summed E-state index contributed by atoms with van der Waals surface area (Å²) in [6, 6.07) is 0. The smallest absolute Gasteiger partial charge is 0.266 e. The number of nitrogens with two attached hydrogens (primary N) is 1. The fraction of sp³-hybridized carbons (Fsp3) is 1.00. The van der Waals surface area contributed by atoms with Crippen LogP contribution < -0.4 is 5.73 Å². The van der Waals surface area contributed by atoms with Gasteiger partial charge in [-0.3, -0.25) is 8.74 Å². The second-order valence-corrected chi connectivity index (χ2v) is 6.93. The first-order valence-corrected chi connectivity index (χ1v) is 9.24. The van der Waals surface area contributed by atoms with E-state index in [2.05, 4.69) is 15.4 Å². The van der Waals surface area contributed by atoms with Crippen molar-refractivity contribution in [3.63, 3.8) is 0 Å². The summed E-state index contributed by atoms with van der Waals surface area (Å²) >= 11 is 4.22. The molecule has 18 heavy (non-hydrogen) atoms. The van der Waals surface area contributed by atoms with E-state index in [1.807, 2.05) is 0 Å². The van der Waals surface area contributed by atoms with Gasteiger partial charge in [0.15, 0.2) is 0 Å². The zero-order valence-corrected chi connectivity index (χ0v) is 12.8. The molecule has 1 atom stereocenters. The lowest BCUT2D eigenvalue weighted by Gasteiger charge is -2.03. The van der Waals surface area contributed by atoms with Gasteiger partial charge >= 0.3 is 0 Å². The van der Waals surface area contributed by atoms with Gasteiger partial charge in [-0.2, -0.15) is 4.21 Å². The van der Waals surface area contributed by atoms with Crippen LogP contribution in [0.1, 0.15) is 64.2 Å². The van der Waals surface area contributed by atoms with Crippen LogP contribution >= 0.6 is 0 Å². The summed E-state index contributed by atoms with van der Waals surface area (Å²) in [5.74, 6) is 0. The second-order valence-electron chi connectivity index (χ2n) is 4.57. The maximum Gasteiger partial charge on any atom is 0.266 e. The summed E-state index contributed by atoms with van der Waals surface area (Å²) in [7, 11) is -3.41. The van der Waals surface area contributed by atoms with Gasteiger partial charge in [0.05, 0.1) is 6.61 Å². The molecule has 0 spiro atoms. The van der Waals surface area contributed by atoms with Crippen LogP contribution in [0.4, 0.5) is 0 Å². The Morgan fingerprint density at radius 1 is 0.889 bits per heavy atom. The first kappa shape index (κ1) is 18.2. The van der Waals surface area contributed by atoms with E-state index in [1.165, 1.54) is 38.5 Å². The SMILES string of the molecule is NCCCCCCCCCCCCOS(=O)(O)=S. The minimum atomic E-state index is -3.41. The van der Waals surface area contributed by atoms with E-state index in [4.69, 9.17) is 10.3 Å². The molecule has 110 valence electrons. The maximum absolute atomic E-state index is 10.6. The van der Waals surface area contributed by atoms with Gasteiger partial charge in [0.1, 0.15) is 0 Å². The van der Waals surface area contributed by atoms with Gasteiger partial charge in [0, 0.05) is 11.2 Å². The normalized spacial score (nSPS) is 14.6. The molecule has 0 aliphatic rings. The van der Waals surface area contributed by atoms with Gasteiger partial charge < -0.3 is 5.73 Å². The molecule has 0 aromatic carbocycles. The van der Waals surface area contributed by atoms with Crippen molar-refractivity contribution >= 4 is 20.2 Å². The Hall–Kier alpha value is 0.250. The highest BCUT2D eigenvalue weighted by molar-refractivity contribution is 8.27. The Balaban J connectivity index is 3.03. The molecular weight excluding hydrogens is 270 g/mol. The lowest BCUT2D eigenvalue weighted by molar-refractivity contribution is 0.294. The lowest BCUT2D eigenvalue weighted by Crippen LogP contribution is -2.03. The second kappa shape index (κ2) is 12.3. The Bertz CT molecular complexity index is 268. The van der Waals surface area contributed by atoms with E-state index in [-0.39, 0.29) is 6.61 Å². The fourth-order valence-corrected chi connectivity index (χ4v) is 2.36. The van der Waals surface area contributed by atoms with Crippen molar-refractivity contribution < 1.29 is 12.9 Å². The van der Waals surface area contributed by atoms with Crippen LogP contribution in [0.15, 0.2) is 0 Å². The highest BCUT2D eigenvalue weighted by Crippen LogP contribution is 2.10. The van der Waals surface area contributed by atoms with Crippen molar-refractivity contribution in [2.24, 2.45) is 5.73 Å². The number of hydrogen-bond acceptors (Lipinski definition) is 4. The Morgan fingerprint density at radius 2 is 1.28 bits per heavy atom. The first-order valence-electron chi connectivity index (χ1n) is 6.88. The monoisotopic (exact) mass is 297 g/mol. The summed E-state index contributed by atoms with van der Waals surface area (Å²) < 4.78 is 23.9. The fourth-order valence-electron chi connectivity index (χ4n) is 1.82. The molecule has 0 aliphatic carbocycles. The van der Waals surface area contributed by atoms with Crippen LogP contribution in [0.25, 0.3) is 0 Å². The zero-order valence-electron chi connectivity index (χ0n) is 11.1. The lowest BCUT2D eigenvalue weighted by atomic mass is 10.1. The first-order chi connectivity index (χ1) is 8.56. The van der Waals surface area contributed by atoms with E-state index < -0.39 is 9.05 Å². The molecule has 0 fully saturated rings. The van der Waals surface area contributed by atoms with Crippen LogP contribution in [-0.4, -0.2) is 21.9 Å².